The summed E-state index contributed by atoms with van der Waals surface area (Å²) >= 11 is 8.32. The molecule has 0 aromatic carbocycles. The summed E-state index contributed by atoms with van der Waals surface area (Å²) in [6.07, 6.45) is 1.98. The highest BCUT2D eigenvalue weighted by molar-refractivity contribution is 14.1. The third-order valence-electron chi connectivity index (χ3n) is 2.06. The van der Waals surface area contributed by atoms with Crippen molar-refractivity contribution < 1.29 is 0 Å². The van der Waals surface area contributed by atoms with E-state index in [-0.39, 0.29) is 0 Å². The maximum absolute atomic E-state index is 4.48. The zero-order chi connectivity index (χ0) is 9.71. The number of nitrogens with zero attached hydrogens (tertiary/aromatic N) is 1. The van der Waals surface area contributed by atoms with Crippen LogP contribution in [0.4, 0.5) is 0 Å². The molecule has 0 bridgehead atoms. The van der Waals surface area contributed by atoms with E-state index in [1.807, 2.05) is 6.20 Å². The molecule has 0 N–H and O–H groups in total. The zero-order valence-electron chi connectivity index (χ0n) is 6.75. The Morgan fingerprint density at radius 1 is 1.29 bits per heavy atom. The molecular formula is C9H3I2NS2. The van der Waals surface area contributed by atoms with E-state index in [0.717, 1.165) is 4.83 Å². The van der Waals surface area contributed by atoms with Crippen LogP contribution >= 0.6 is 67.9 Å². The number of halogens is 2. The van der Waals surface area contributed by atoms with Crippen LogP contribution in [0.25, 0.3) is 20.3 Å². The van der Waals surface area contributed by atoms with Crippen molar-refractivity contribution in [2.45, 2.75) is 0 Å². The van der Waals surface area contributed by atoms with Gasteiger partial charge in [-0.2, -0.15) is 0 Å². The minimum atomic E-state index is 1.16. The lowest BCUT2D eigenvalue weighted by Gasteiger charge is -1.92. The first-order valence-corrected chi connectivity index (χ1v) is 7.72. The Balaban J connectivity index is 2.66. The second kappa shape index (κ2) is 3.53. The van der Waals surface area contributed by atoms with Gasteiger partial charge >= 0.3 is 0 Å². The fourth-order valence-electron chi connectivity index (χ4n) is 1.44. The first kappa shape index (κ1) is 9.73. The van der Waals surface area contributed by atoms with Gasteiger partial charge in [0.05, 0.1) is 7.58 Å². The summed E-state index contributed by atoms with van der Waals surface area (Å²) in [5, 5.41) is 4.81. The molecule has 0 unspecified atom stereocenters. The molecule has 0 atom stereocenters. The molecule has 3 rings (SSSR count). The average molecular weight is 443 g/mol. The van der Waals surface area contributed by atoms with Gasteiger partial charge in [-0.05, 0) is 56.6 Å². The van der Waals surface area contributed by atoms with Crippen LogP contribution < -0.4 is 0 Å². The molecule has 0 aliphatic heterocycles. The second-order valence-corrected chi connectivity index (χ2v) is 7.66. The number of thiophene rings is 2. The van der Waals surface area contributed by atoms with Crippen molar-refractivity contribution in [3.8, 4) is 0 Å². The normalized spacial score (nSPS) is 11.6. The highest BCUT2D eigenvalue weighted by Gasteiger charge is 2.12. The molecule has 5 heteroatoms. The Morgan fingerprint density at radius 2 is 2.14 bits per heavy atom. The summed E-state index contributed by atoms with van der Waals surface area (Å²) in [7, 11) is 0. The Kier molecular flexibility index (Phi) is 2.45. The quantitative estimate of drug-likeness (QED) is 0.459. The number of hydrogen-bond acceptors (Lipinski definition) is 3. The number of rotatable bonds is 0. The fraction of sp³-hybridized carbons (Fsp3) is 0. The summed E-state index contributed by atoms with van der Waals surface area (Å²) in [4.78, 5) is 5.64. The molecule has 0 amide bonds. The van der Waals surface area contributed by atoms with Crippen LogP contribution in [0.1, 0.15) is 0 Å². The molecule has 14 heavy (non-hydrogen) atoms. The van der Waals surface area contributed by atoms with Gasteiger partial charge in [0.1, 0.15) is 4.83 Å². The van der Waals surface area contributed by atoms with Crippen LogP contribution in [-0.2, 0) is 0 Å². The van der Waals surface area contributed by atoms with Crippen molar-refractivity contribution in [1.29, 1.82) is 0 Å². The van der Waals surface area contributed by atoms with Crippen molar-refractivity contribution in [2.24, 2.45) is 0 Å². The van der Waals surface area contributed by atoms with Gasteiger partial charge < -0.3 is 0 Å². The highest BCUT2D eigenvalue weighted by Crippen LogP contribution is 2.37. The fourth-order valence-corrected chi connectivity index (χ4v) is 4.94. The van der Waals surface area contributed by atoms with Crippen molar-refractivity contribution in [2.75, 3.05) is 0 Å². The van der Waals surface area contributed by atoms with E-state index < -0.39 is 0 Å². The summed E-state index contributed by atoms with van der Waals surface area (Å²) < 4.78 is 3.97. The Morgan fingerprint density at radius 3 is 3.00 bits per heavy atom. The van der Waals surface area contributed by atoms with Gasteiger partial charge in [0.2, 0.25) is 0 Å². The van der Waals surface area contributed by atoms with Gasteiger partial charge in [-0.25, -0.2) is 4.98 Å². The summed E-state index contributed by atoms with van der Waals surface area (Å²) in [6.45, 7) is 0. The predicted molar refractivity (Wildman–Crippen MR) is 80.4 cm³/mol. The molecule has 3 aromatic rings. The van der Waals surface area contributed by atoms with Crippen LogP contribution in [0.5, 0.6) is 0 Å². The monoisotopic (exact) mass is 443 g/mol. The Bertz CT molecular complexity index is 626. The van der Waals surface area contributed by atoms with E-state index in [1.165, 1.54) is 21.9 Å². The van der Waals surface area contributed by atoms with E-state index in [0.29, 0.717) is 0 Å². The summed E-state index contributed by atoms with van der Waals surface area (Å²) in [6, 6.07) is 2.19. The van der Waals surface area contributed by atoms with Gasteiger partial charge in [-0.3, -0.25) is 0 Å². The molecule has 0 saturated heterocycles. The Labute approximate surface area is 116 Å². The first-order valence-electron chi connectivity index (χ1n) is 3.87. The van der Waals surface area contributed by atoms with Gasteiger partial charge in [-0.15, -0.1) is 22.7 Å². The van der Waals surface area contributed by atoms with Crippen LogP contribution in [0.15, 0.2) is 17.6 Å². The minimum Gasteiger partial charge on any atom is -0.244 e. The van der Waals surface area contributed by atoms with Gasteiger partial charge in [-0.1, -0.05) is 0 Å². The van der Waals surface area contributed by atoms with Crippen LogP contribution in [0.2, 0.25) is 0 Å². The zero-order valence-corrected chi connectivity index (χ0v) is 12.7. The molecule has 0 aliphatic rings. The van der Waals surface area contributed by atoms with Gasteiger partial charge in [0.15, 0.2) is 0 Å². The lowest BCUT2D eigenvalue weighted by molar-refractivity contribution is 1.49. The van der Waals surface area contributed by atoms with E-state index in [2.05, 4.69) is 61.6 Å². The topological polar surface area (TPSA) is 12.9 Å². The smallest absolute Gasteiger partial charge is 0.126 e. The lowest BCUT2D eigenvalue weighted by Crippen LogP contribution is -1.74. The molecule has 3 heterocycles. The van der Waals surface area contributed by atoms with Crippen LogP contribution in [0, 0.1) is 6.45 Å². The molecule has 0 aliphatic carbocycles. The van der Waals surface area contributed by atoms with Crippen molar-refractivity contribution in [1.82, 2.24) is 4.98 Å². The van der Waals surface area contributed by atoms with E-state index in [4.69, 9.17) is 0 Å². The number of hydrogen-bond donors (Lipinski definition) is 0. The molecule has 0 fully saturated rings. The molecular weight excluding hydrogens is 440 g/mol. The van der Waals surface area contributed by atoms with E-state index >= 15 is 0 Å². The van der Waals surface area contributed by atoms with Gasteiger partial charge in [0, 0.05) is 20.5 Å². The van der Waals surface area contributed by atoms with Crippen molar-refractivity contribution in [3.63, 3.8) is 0 Å². The molecule has 0 radical (unpaired) electrons. The SMILES string of the molecule is Ic1sc2ncc3sccc3c2c1I. The molecule has 1 nitrogen and oxygen atoms in total. The number of fused-ring (bicyclic) bond motifs is 3. The maximum Gasteiger partial charge on any atom is 0.126 e. The third kappa shape index (κ3) is 1.32. The predicted octanol–water partition coefficient (Wildman–Crippen LogP) is 4.72. The highest BCUT2D eigenvalue weighted by atomic mass is 127. The van der Waals surface area contributed by atoms with Crippen molar-refractivity contribution in [3.05, 3.63) is 24.1 Å². The number of pyridine rings is 1. The van der Waals surface area contributed by atoms with Crippen molar-refractivity contribution >= 4 is 88.2 Å². The van der Waals surface area contributed by atoms with Crippen LogP contribution in [-0.4, -0.2) is 4.98 Å². The van der Waals surface area contributed by atoms with E-state index in [9.17, 15) is 0 Å². The third-order valence-corrected chi connectivity index (χ3v) is 7.47. The second-order valence-electron chi connectivity index (χ2n) is 2.83. The molecule has 0 spiro atoms. The van der Waals surface area contributed by atoms with E-state index in [1.54, 1.807) is 22.7 Å². The van der Waals surface area contributed by atoms with Gasteiger partial charge in [0.25, 0.3) is 0 Å². The minimum absolute atomic E-state index is 1.16. The largest absolute Gasteiger partial charge is 0.244 e. The standard InChI is InChI=1S/C9H3I2NS2/c10-7-6-4-1-2-13-5(4)3-12-9(6)14-8(7)11/h1-3H. The van der Waals surface area contributed by atoms with Crippen LogP contribution in [0.3, 0.4) is 0 Å². The lowest BCUT2D eigenvalue weighted by atomic mass is 10.2. The Hall–Kier alpha value is 0.530. The summed E-state index contributed by atoms with van der Waals surface area (Å²) in [5.74, 6) is 0. The molecule has 0 saturated carbocycles. The molecule has 70 valence electrons. The first-order chi connectivity index (χ1) is 6.77. The molecule has 3 aromatic heterocycles. The number of aromatic nitrogens is 1. The maximum atomic E-state index is 4.48. The summed E-state index contributed by atoms with van der Waals surface area (Å²) in [5.41, 5.74) is 0. The average Bonchev–Trinajstić information content (AvgIpc) is 2.72.